The van der Waals surface area contributed by atoms with Crippen LogP contribution in [-0.4, -0.2) is 11.4 Å². The highest BCUT2D eigenvalue weighted by molar-refractivity contribution is 4.78. The van der Waals surface area contributed by atoms with Gasteiger partial charge in [-0.3, -0.25) is 5.26 Å². The summed E-state index contributed by atoms with van der Waals surface area (Å²) in [6.07, 6.45) is 2.23. The van der Waals surface area contributed by atoms with Gasteiger partial charge < -0.3 is 0 Å². The average molecular weight is 202 g/mol. The Morgan fingerprint density at radius 1 is 1.07 bits per heavy atom. The molecule has 0 bridgehead atoms. The molecule has 0 saturated carbocycles. The van der Waals surface area contributed by atoms with Gasteiger partial charge >= 0.3 is 0 Å². The Morgan fingerprint density at radius 2 is 1.57 bits per heavy atom. The van der Waals surface area contributed by atoms with Crippen LogP contribution in [0.5, 0.6) is 0 Å². The van der Waals surface area contributed by atoms with Gasteiger partial charge in [0.15, 0.2) is 0 Å². The largest absolute Gasteiger partial charge is 0.252 e. The molecule has 1 N–H and O–H groups in total. The van der Waals surface area contributed by atoms with Crippen molar-refractivity contribution in [1.29, 1.82) is 0 Å². The molecule has 0 aromatic carbocycles. The lowest BCUT2D eigenvalue weighted by atomic mass is 9.79. The molecule has 0 aliphatic heterocycles. The molecule has 0 aliphatic carbocycles. The van der Waals surface area contributed by atoms with E-state index in [1.807, 2.05) is 0 Å². The molecule has 2 nitrogen and oxygen atoms in total. The maximum absolute atomic E-state index is 8.90. The second-order valence-electron chi connectivity index (χ2n) is 5.84. The van der Waals surface area contributed by atoms with E-state index in [0.717, 1.165) is 12.3 Å². The molecular formula is C12H26O2. The molecule has 14 heavy (non-hydrogen) atoms. The lowest BCUT2D eigenvalue weighted by molar-refractivity contribution is -0.311. The number of hydrogen-bond acceptors (Lipinski definition) is 2. The van der Waals surface area contributed by atoms with Crippen molar-refractivity contribution < 1.29 is 10.1 Å². The lowest BCUT2D eigenvalue weighted by Crippen LogP contribution is -2.34. The molecule has 0 spiro atoms. The van der Waals surface area contributed by atoms with Crippen LogP contribution >= 0.6 is 0 Å². The Bertz CT molecular complexity index is 147. The van der Waals surface area contributed by atoms with Gasteiger partial charge in [0, 0.05) is 0 Å². The van der Waals surface area contributed by atoms with Crippen molar-refractivity contribution in [3.8, 4) is 0 Å². The topological polar surface area (TPSA) is 29.5 Å². The van der Waals surface area contributed by atoms with Crippen molar-refractivity contribution in [3.63, 3.8) is 0 Å². The van der Waals surface area contributed by atoms with Crippen molar-refractivity contribution in [2.75, 3.05) is 0 Å². The zero-order valence-electron chi connectivity index (χ0n) is 10.5. The van der Waals surface area contributed by atoms with Crippen molar-refractivity contribution in [2.24, 2.45) is 17.3 Å². The molecule has 0 amide bonds. The molecule has 2 unspecified atom stereocenters. The molecule has 0 aromatic rings. The third kappa shape index (κ3) is 4.97. The second-order valence-corrected chi connectivity index (χ2v) is 5.84. The molecule has 2 heteroatoms. The fraction of sp³-hybridized carbons (Fsp3) is 1.00. The van der Waals surface area contributed by atoms with Crippen LogP contribution in [0.4, 0.5) is 0 Å². The van der Waals surface area contributed by atoms with E-state index in [9.17, 15) is 0 Å². The van der Waals surface area contributed by atoms with Crippen LogP contribution in [0.2, 0.25) is 0 Å². The van der Waals surface area contributed by atoms with Crippen LogP contribution in [0.3, 0.4) is 0 Å². The molecule has 0 fully saturated rings. The van der Waals surface area contributed by atoms with E-state index in [-0.39, 0.29) is 11.5 Å². The van der Waals surface area contributed by atoms with Crippen LogP contribution < -0.4 is 0 Å². The molecule has 0 heterocycles. The first-order chi connectivity index (χ1) is 6.29. The minimum atomic E-state index is -0.0683. The first-order valence-corrected chi connectivity index (χ1v) is 5.59. The van der Waals surface area contributed by atoms with Crippen molar-refractivity contribution in [2.45, 2.75) is 60.5 Å². The summed E-state index contributed by atoms with van der Waals surface area (Å²) >= 11 is 0. The summed E-state index contributed by atoms with van der Waals surface area (Å²) in [6, 6.07) is 0. The van der Waals surface area contributed by atoms with Gasteiger partial charge in [-0.25, -0.2) is 4.89 Å². The van der Waals surface area contributed by atoms with Crippen LogP contribution in [0.1, 0.15) is 54.4 Å². The van der Waals surface area contributed by atoms with E-state index in [2.05, 4.69) is 46.4 Å². The maximum atomic E-state index is 8.90. The Kier molecular flexibility index (Phi) is 5.68. The normalized spacial score (nSPS) is 17.1. The zero-order valence-corrected chi connectivity index (χ0v) is 10.5. The van der Waals surface area contributed by atoms with Gasteiger partial charge in [-0.2, -0.15) is 0 Å². The molecular weight excluding hydrogens is 176 g/mol. The first-order valence-electron chi connectivity index (χ1n) is 5.59. The summed E-state index contributed by atoms with van der Waals surface area (Å²) in [6.45, 7) is 12.9. The summed E-state index contributed by atoms with van der Waals surface area (Å²) in [7, 11) is 0. The van der Waals surface area contributed by atoms with Gasteiger partial charge in [0.25, 0.3) is 0 Å². The quantitative estimate of drug-likeness (QED) is 0.540. The van der Waals surface area contributed by atoms with E-state index in [4.69, 9.17) is 5.26 Å². The SMILES string of the molecule is CC(C)CCC(C)C(OO)C(C)(C)C. The molecule has 0 saturated heterocycles. The summed E-state index contributed by atoms with van der Waals surface area (Å²) in [5, 5.41) is 8.90. The van der Waals surface area contributed by atoms with Crippen LogP contribution in [0.15, 0.2) is 0 Å². The van der Waals surface area contributed by atoms with E-state index in [1.165, 1.54) is 6.42 Å². The van der Waals surface area contributed by atoms with Crippen LogP contribution in [0.25, 0.3) is 0 Å². The highest BCUT2D eigenvalue weighted by Crippen LogP contribution is 2.30. The third-order valence-corrected chi connectivity index (χ3v) is 2.68. The minimum absolute atomic E-state index is 0.00511. The molecule has 0 aromatic heterocycles. The first kappa shape index (κ1) is 13.9. The second kappa shape index (κ2) is 5.72. The number of rotatable bonds is 5. The van der Waals surface area contributed by atoms with E-state index in [1.54, 1.807) is 0 Å². The predicted octanol–water partition coefficient (Wildman–Crippen LogP) is 3.96. The molecule has 0 radical (unpaired) electrons. The average Bonchev–Trinajstić information content (AvgIpc) is 1.99. The fourth-order valence-corrected chi connectivity index (χ4v) is 1.86. The number of hydrogen-bond donors (Lipinski definition) is 1. The van der Waals surface area contributed by atoms with Crippen LogP contribution in [-0.2, 0) is 4.89 Å². The highest BCUT2D eigenvalue weighted by atomic mass is 17.1. The Hall–Kier alpha value is -0.0800. The van der Waals surface area contributed by atoms with Crippen molar-refractivity contribution in [3.05, 3.63) is 0 Å². The highest BCUT2D eigenvalue weighted by Gasteiger charge is 2.30. The molecule has 2 atom stereocenters. The monoisotopic (exact) mass is 202 g/mol. The van der Waals surface area contributed by atoms with E-state index >= 15 is 0 Å². The van der Waals surface area contributed by atoms with E-state index < -0.39 is 0 Å². The summed E-state index contributed by atoms with van der Waals surface area (Å²) < 4.78 is 0. The third-order valence-electron chi connectivity index (χ3n) is 2.68. The zero-order chi connectivity index (χ0) is 11.4. The summed E-state index contributed by atoms with van der Waals surface area (Å²) in [5.41, 5.74) is 0.00511. The Morgan fingerprint density at radius 3 is 1.86 bits per heavy atom. The van der Waals surface area contributed by atoms with Gasteiger partial charge in [0.05, 0.1) is 0 Å². The molecule has 86 valence electrons. The fourth-order valence-electron chi connectivity index (χ4n) is 1.86. The summed E-state index contributed by atoms with van der Waals surface area (Å²) in [4.78, 5) is 4.61. The summed E-state index contributed by atoms with van der Waals surface area (Å²) in [5.74, 6) is 1.12. The van der Waals surface area contributed by atoms with Crippen LogP contribution in [0, 0.1) is 17.3 Å². The van der Waals surface area contributed by atoms with Gasteiger partial charge in [0.1, 0.15) is 6.10 Å². The Balaban J connectivity index is 4.12. The van der Waals surface area contributed by atoms with E-state index in [0.29, 0.717) is 5.92 Å². The molecule has 0 rings (SSSR count). The Labute approximate surface area is 88.6 Å². The van der Waals surface area contributed by atoms with Gasteiger partial charge in [0.2, 0.25) is 0 Å². The van der Waals surface area contributed by atoms with Crippen molar-refractivity contribution >= 4 is 0 Å². The minimum Gasteiger partial charge on any atom is -0.252 e. The van der Waals surface area contributed by atoms with Crippen molar-refractivity contribution in [1.82, 2.24) is 0 Å². The predicted molar refractivity (Wildman–Crippen MR) is 60.2 cm³/mol. The van der Waals surface area contributed by atoms with Gasteiger partial charge in [-0.1, -0.05) is 48.0 Å². The lowest BCUT2D eigenvalue weighted by Gasteiger charge is -2.32. The smallest absolute Gasteiger partial charge is 0.100 e. The maximum Gasteiger partial charge on any atom is 0.100 e. The molecule has 0 aliphatic rings. The standard InChI is InChI=1S/C12H26O2/c1-9(2)7-8-10(3)11(14-13)12(4,5)6/h9-11,13H,7-8H2,1-6H3. The van der Waals surface area contributed by atoms with Gasteiger partial charge in [-0.15, -0.1) is 0 Å². The van der Waals surface area contributed by atoms with Gasteiger partial charge in [-0.05, 0) is 23.7 Å².